The molecule has 0 aliphatic rings. The highest BCUT2D eigenvalue weighted by atomic mass is 79.9. The second kappa shape index (κ2) is 7.78. The molecule has 0 aliphatic carbocycles. The van der Waals surface area contributed by atoms with Crippen molar-refractivity contribution in [3.05, 3.63) is 85.3 Å². The van der Waals surface area contributed by atoms with Crippen molar-refractivity contribution in [2.45, 2.75) is 12.8 Å². The predicted molar refractivity (Wildman–Crippen MR) is 108 cm³/mol. The van der Waals surface area contributed by atoms with Gasteiger partial charge in [-0.3, -0.25) is 0 Å². The first-order valence-corrected chi connectivity index (χ1v) is 9.33. The number of hydrogen-bond acceptors (Lipinski definition) is 3. The zero-order valence-electron chi connectivity index (χ0n) is 13.5. The van der Waals surface area contributed by atoms with E-state index in [4.69, 9.17) is 23.2 Å². The van der Waals surface area contributed by atoms with Crippen molar-refractivity contribution >= 4 is 39.1 Å². The first-order chi connectivity index (χ1) is 12.3. The minimum absolute atomic E-state index is 0.104. The lowest BCUT2D eigenvalue weighted by atomic mass is 9.97. The van der Waals surface area contributed by atoms with E-state index < -0.39 is 0 Å². The highest BCUT2D eigenvalue weighted by Crippen LogP contribution is 2.35. The number of halogens is 3. The van der Waals surface area contributed by atoms with Gasteiger partial charge in [0, 0.05) is 27.4 Å². The summed E-state index contributed by atoms with van der Waals surface area (Å²) in [7, 11) is 0. The fourth-order valence-corrected chi connectivity index (χ4v) is 3.73. The molecule has 0 unspecified atom stereocenters. The third-order valence-corrected chi connectivity index (χ3v) is 5.01. The molecule has 0 spiro atoms. The van der Waals surface area contributed by atoms with Gasteiger partial charge in [0.25, 0.3) is 0 Å². The van der Waals surface area contributed by atoms with Gasteiger partial charge in [0.15, 0.2) is 0 Å². The van der Waals surface area contributed by atoms with Gasteiger partial charge in [-0.15, -0.1) is 0 Å². The van der Waals surface area contributed by atoms with Gasteiger partial charge in [0.05, 0.1) is 0 Å². The van der Waals surface area contributed by atoms with Crippen LogP contribution in [0.25, 0.3) is 0 Å². The molecule has 0 radical (unpaired) electrons. The lowest BCUT2D eigenvalue weighted by molar-refractivity contribution is 0.457. The molecule has 3 aromatic carbocycles. The quantitative estimate of drug-likeness (QED) is 0.450. The van der Waals surface area contributed by atoms with E-state index >= 15 is 0 Å². The molecule has 0 bridgehead atoms. The monoisotopic (exact) mass is 452 g/mol. The van der Waals surface area contributed by atoms with Crippen molar-refractivity contribution in [3.63, 3.8) is 0 Å². The molecule has 0 atom stereocenters. The second-order valence-electron chi connectivity index (χ2n) is 5.97. The third kappa shape index (κ3) is 4.26. The van der Waals surface area contributed by atoms with Gasteiger partial charge in [-0.25, -0.2) is 0 Å². The molecular formula is C20H15BrCl2O3. The minimum Gasteiger partial charge on any atom is -0.508 e. The van der Waals surface area contributed by atoms with Gasteiger partial charge >= 0.3 is 0 Å². The minimum atomic E-state index is 0.104. The van der Waals surface area contributed by atoms with Crippen molar-refractivity contribution in [1.82, 2.24) is 0 Å². The zero-order valence-corrected chi connectivity index (χ0v) is 16.6. The van der Waals surface area contributed by atoms with Crippen LogP contribution in [0.5, 0.6) is 17.2 Å². The average molecular weight is 454 g/mol. The summed E-state index contributed by atoms with van der Waals surface area (Å²) in [4.78, 5) is 0. The van der Waals surface area contributed by atoms with Gasteiger partial charge in [0.2, 0.25) is 0 Å². The van der Waals surface area contributed by atoms with Crippen molar-refractivity contribution < 1.29 is 15.3 Å². The molecular weight excluding hydrogens is 439 g/mol. The molecule has 3 rings (SSSR count). The fourth-order valence-electron chi connectivity index (χ4n) is 2.79. The van der Waals surface area contributed by atoms with Crippen molar-refractivity contribution in [1.29, 1.82) is 0 Å². The van der Waals surface area contributed by atoms with Crippen LogP contribution in [0.2, 0.25) is 10.0 Å². The van der Waals surface area contributed by atoms with E-state index in [1.807, 2.05) is 0 Å². The van der Waals surface area contributed by atoms with Crippen LogP contribution in [0.3, 0.4) is 0 Å². The molecule has 0 saturated carbocycles. The molecule has 0 heterocycles. The lowest BCUT2D eigenvalue weighted by Gasteiger charge is -2.13. The molecule has 6 heteroatoms. The van der Waals surface area contributed by atoms with Crippen LogP contribution in [0.4, 0.5) is 0 Å². The SMILES string of the molecule is Oc1ccc(Cl)cc1Cc1cc(Br)cc(Cc2cc(Cl)ccc2O)c1O. The van der Waals surface area contributed by atoms with Crippen molar-refractivity contribution in [3.8, 4) is 17.2 Å². The second-order valence-corrected chi connectivity index (χ2v) is 7.76. The molecule has 3 nitrogen and oxygen atoms in total. The highest BCUT2D eigenvalue weighted by Gasteiger charge is 2.14. The van der Waals surface area contributed by atoms with E-state index in [0.29, 0.717) is 45.1 Å². The Hall–Kier alpha value is -1.88. The third-order valence-electron chi connectivity index (χ3n) is 4.08. The lowest BCUT2D eigenvalue weighted by Crippen LogP contribution is -1.96. The van der Waals surface area contributed by atoms with Gasteiger partial charge in [0.1, 0.15) is 17.2 Å². The molecule has 26 heavy (non-hydrogen) atoms. The molecule has 0 aliphatic heterocycles. The van der Waals surface area contributed by atoms with Crippen molar-refractivity contribution in [2.75, 3.05) is 0 Å². The van der Waals surface area contributed by atoms with Crippen LogP contribution in [-0.2, 0) is 12.8 Å². The summed E-state index contributed by atoms with van der Waals surface area (Å²) in [6.07, 6.45) is 0.623. The first-order valence-electron chi connectivity index (χ1n) is 7.78. The Bertz CT molecular complexity index is 899. The molecule has 3 N–H and O–H groups in total. The standard InChI is InChI=1S/C20H15BrCl2O3/c21-15-7-13(5-11-9-16(22)1-3-18(11)24)20(26)14(8-15)6-12-10-17(23)2-4-19(12)25/h1-4,7-10,24-26H,5-6H2. The molecule has 0 aromatic heterocycles. The van der Waals surface area contributed by atoms with Crippen molar-refractivity contribution in [2.24, 2.45) is 0 Å². The number of phenolic OH excluding ortho intramolecular Hbond substituents is 3. The number of aromatic hydroxyl groups is 3. The van der Waals surface area contributed by atoms with Crippen LogP contribution in [0.1, 0.15) is 22.3 Å². The Morgan fingerprint density at radius 3 is 1.50 bits per heavy atom. The van der Waals surface area contributed by atoms with Gasteiger partial charge in [-0.2, -0.15) is 0 Å². The largest absolute Gasteiger partial charge is 0.508 e. The summed E-state index contributed by atoms with van der Waals surface area (Å²) in [5.74, 6) is 0.331. The fraction of sp³-hybridized carbons (Fsp3) is 0.100. The van der Waals surface area contributed by atoms with Gasteiger partial charge < -0.3 is 15.3 Å². The van der Waals surface area contributed by atoms with E-state index in [1.54, 1.807) is 36.4 Å². The Balaban J connectivity index is 1.98. The van der Waals surface area contributed by atoms with Crippen LogP contribution >= 0.6 is 39.1 Å². The maximum Gasteiger partial charge on any atom is 0.122 e. The number of rotatable bonds is 4. The first kappa shape index (κ1) is 18.9. The summed E-state index contributed by atoms with van der Waals surface area (Å²) < 4.78 is 0.781. The highest BCUT2D eigenvalue weighted by molar-refractivity contribution is 9.10. The molecule has 0 saturated heterocycles. The van der Waals surface area contributed by atoms with Crippen LogP contribution < -0.4 is 0 Å². The van der Waals surface area contributed by atoms with Crippen LogP contribution in [0.15, 0.2) is 53.0 Å². The molecule has 134 valence electrons. The van der Waals surface area contributed by atoms with E-state index in [-0.39, 0.29) is 17.2 Å². The Morgan fingerprint density at radius 2 is 1.08 bits per heavy atom. The number of hydrogen-bond donors (Lipinski definition) is 3. The number of phenols is 3. The Labute approximate surface area is 169 Å². The van der Waals surface area contributed by atoms with E-state index in [9.17, 15) is 15.3 Å². The summed E-state index contributed by atoms with van der Waals surface area (Å²) in [5.41, 5.74) is 2.49. The smallest absolute Gasteiger partial charge is 0.122 e. The molecule has 0 amide bonds. The van der Waals surface area contributed by atoms with Crippen LogP contribution in [0, 0.1) is 0 Å². The van der Waals surface area contributed by atoms with E-state index in [0.717, 1.165) is 4.47 Å². The summed E-state index contributed by atoms with van der Waals surface area (Å²) in [5, 5.41) is 31.8. The topological polar surface area (TPSA) is 60.7 Å². The van der Waals surface area contributed by atoms with Gasteiger partial charge in [-0.1, -0.05) is 39.1 Å². The normalized spacial score (nSPS) is 10.9. The zero-order chi connectivity index (χ0) is 18.8. The maximum absolute atomic E-state index is 10.7. The summed E-state index contributed by atoms with van der Waals surface area (Å²) in [6, 6.07) is 13.2. The van der Waals surface area contributed by atoms with Crippen LogP contribution in [-0.4, -0.2) is 15.3 Å². The number of benzene rings is 3. The van der Waals surface area contributed by atoms with E-state index in [1.165, 1.54) is 12.1 Å². The Kier molecular flexibility index (Phi) is 5.66. The molecule has 0 fully saturated rings. The molecule has 3 aromatic rings. The summed E-state index contributed by atoms with van der Waals surface area (Å²) in [6.45, 7) is 0. The van der Waals surface area contributed by atoms with E-state index in [2.05, 4.69) is 15.9 Å². The average Bonchev–Trinajstić information content (AvgIpc) is 2.58. The summed E-state index contributed by atoms with van der Waals surface area (Å²) >= 11 is 15.5. The predicted octanol–water partition coefficient (Wildman–Crippen LogP) is 6.05. The Morgan fingerprint density at radius 1 is 0.654 bits per heavy atom. The van der Waals surface area contributed by atoms with Gasteiger partial charge in [-0.05, 0) is 70.8 Å². The maximum atomic E-state index is 10.7.